The van der Waals surface area contributed by atoms with Crippen molar-refractivity contribution in [1.82, 2.24) is 29.7 Å². The number of nitrogen functional groups attached to an aromatic ring is 1. The molecule has 0 bridgehead atoms. The standard InChI is InChI=1S/C25H24BrN9O3/c1-28-25(38)31-13-5-6-15-14(9-13)21-22(27)29-11-30-23(21)34(15)10-20(36)35-16-7-12(16)8-17(35)24(37)33-19-4-2-3-18(26)32-19/h2-6,9,11-12,16-17H,7-8,10H2,1H3,(H2,27,29,30)(H2,28,31,38)(H,32,33,37)/t12-,16?,17+/m1/s1. The van der Waals surface area contributed by atoms with Gasteiger partial charge < -0.3 is 31.2 Å². The van der Waals surface area contributed by atoms with Crippen LogP contribution in [0.1, 0.15) is 12.8 Å². The third-order valence-electron chi connectivity index (χ3n) is 7.11. The van der Waals surface area contributed by atoms with Crippen LogP contribution in [0.2, 0.25) is 0 Å². The maximum Gasteiger partial charge on any atom is 0.318 e. The maximum absolute atomic E-state index is 13.8. The van der Waals surface area contributed by atoms with Gasteiger partial charge in [0.15, 0.2) is 0 Å². The summed E-state index contributed by atoms with van der Waals surface area (Å²) in [5, 5.41) is 9.41. The number of likely N-dealkylation sites (tertiary alicyclic amines) is 1. The van der Waals surface area contributed by atoms with Gasteiger partial charge in [0.05, 0.1) is 10.9 Å². The van der Waals surface area contributed by atoms with Crippen molar-refractivity contribution >= 4 is 73.0 Å². The number of nitrogens with one attached hydrogen (secondary N) is 3. The summed E-state index contributed by atoms with van der Waals surface area (Å²) >= 11 is 3.31. The molecule has 1 saturated carbocycles. The molecule has 38 heavy (non-hydrogen) atoms. The Hall–Kier alpha value is -4.26. The van der Waals surface area contributed by atoms with Gasteiger partial charge >= 0.3 is 6.03 Å². The minimum Gasteiger partial charge on any atom is -0.383 e. The number of aromatic nitrogens is 4. The van der Waals surface area contributed by atoms with Crippen molar-refractivity contribution in [2.45, 2.75) is 31.5 Å². The predicted molar refractivity (Wildman–Crippen MR) is 145 cm³/mol. The van der Waals surface area contributed by atoms with E-state index in [4.69, 9.17) is 5.73 Å². The van der Waals surface area contributed by atoms with Crippen LogP contribution in [-0.2, 0) is 16.1 Å². The molecule has 6 rings (SSSR count). The smallest absolute Gasteiger partial charge is 0.318 e. The molecule has 1 aliphatic carbocycles. The first-order valence-corrected chi connectivity index (χ1v) is 12.9. The van der Waals surface area contributed by atoms with Gasteiger partial charge in [0.25, 0.3) is 0 Å². The van der Waals surface area contributed by atoms with Gasteiger partial charge in [-0.15, -0.1) is 0 Å². The third-order valence-corrected chi connectivity index (χ3v) is 7.55. The topological polar surface area (TPSA) is 160 Å². The zero-order chi connectivity index (χ0) is 26.6. The SMILES string of the molecule is CNC(=O)Nc1ccc2c(c1)c1c(N)ncnc1n2CC(=O)N1C2C[C@@H]2C[C@H]1C(=O)Nc1cccc(Br)n1. The number of benzene rings is 1. The first kappa shape index (κ1) is 24.1. The molecule has 0 radical (unpaired) electrons. The Morgan fingerprint density at radius 1 is 1.13 bits per heavy atom. The number of anilines is 3. The molecule has 1 aromatic carbocycles. The van der Waals surface area contributed by atoms with Gasteiger partial charge in [-0.25, -0.2) is 19.7 Å². The number of hydrogen-bond donors (Lipinski definition) is 4. The average Bonchev–Trinajstić information content (AvgIpc) is 3.44. The van der Waals surface area contributed by atoms with E-state index in [-0.39, 0.29) is 36.2 Å². The quantitative estimate of drug-likeness (QED) is 0.265. The molecule has 2 fully saturated rings. The summed E-state index contributed by atoms with van der Waals surface area (Å²) in [5.74, 6) is 0.578. The lowest BCUT2D eigenvalue weighted by Gasteiger charge is -2.27. The number of amides is 4. The minimum absolute atomic E-state index is 0.0270. The summed E-state index contributed by atoms with van der Waals surface area (Å²) < 4.78 is 2.40. The van der Waals surface area contributed by atoms with E-state index in [2.05, 4.69) is 46.8 Å². The fraction of sp³-hybridized carbons (Fsp3) is 0.280. The fourth-order valence-corrected chi connectivity index (χ4v) is 5.67. The summed E-state index contributed by atoms with van der Waals surface area (Å²) in [6.07, 6.45) is 2.86. The van der Waals surface area contributed by atoms with Gasteiger partial charge in [-0.1, -0.05) is 6.07 Å². The Balaban J connectivity index is 1.32. The summed E-state index contributed by atoms with van der Waals surface area (Å²) in [7, 11) is 1.53. The molecular weight excluding hydrogens is 554 g/mol. The second-order valence-electron chi connectivity index (χ2n) is 9.43. The number of piperidine rings is 1. The molecule has 4 aromatic rings. The lowest BCUT2D eigenvalue weighted by atomic mass is 10.1. The van der Waals surface area contributed by atoms with Crippen LogP contribution in [0.15, 0.2) is 47.3 Å². The number of nitrogens with zero attached hydrogens (tertiary/aromatic N) is 5. The first-order chi connectivity index (χ1) is 18.3. The number of carbonyl (C=O) groups excluding carboxylic acids is 3. The highest BCUT2D eigenvalue weighted by Crippen LogP contribution is 2.48. The van der Waals surface area contributed by atoms with Crippen molar-refractivity contribution in [3.63, 3.8) is 0 Å². The fourth-order valence-electron chi connectivity index (χ4n) is 5.32. The van der Waals surface area contributed by atoms with Crippen molar-refractivity contribution in [2.75, 3.05) is 23.4 Å². The Morgan fingerprint density at radius 3 is 2.76 bits per heavy atom. The van der Waals surface area contributed by atoms with E-state index < -0.39 is 6.04 Å². The van der Waals surface area contributed by atoms with Gasteiger partial charge in [-0.2, -0.15) is 0 Å². The van der Waals surface area contributed by atoms with Crippen molar-refractivity contribution in [3.05, 3.63) is 47.3 Å². The van der Waals surface area contributed by atoms with Crippen LogP contribution in [0.3, 0.4) is 0 Å². The molecule has 4 heterocycles. The molecule has 12 nitrogen and oxygen atoms in total. The highest BCUT2D eigenvalue weighted by atomic mass is 79.9. The molecule has 4 amide bonds. The number of urea groups is 1. The second-order valence-corrected chi connectivity index (χ2v) is 10.2. The first-order valence-electron chi connectivity index (χ1n) is 12.1. The molecule has 1 aliphatic heterocycles. The van der Waals surface area contributed by atoms with Crippen LogP contribution < -0.4 is 21.7 Å². The number of rotatable bonds is 5. The zero-order valence-electron chi connectivity index (χ0n) is 20.3. The molecule has 1 unspecified atom stereocenters. The van der Waals surface area contributed by atoms with Crippen LogP contribution in [0.25, 0.3) is 21.9 Å². The molecular formula is C25H24BrN9O3. The molecule has 1 saturated heterocycles. The maximum atomic E-state index is 13.8. The average molecular weight is 578 g/mol. The Kier molecular flexibility index (Phi) is 5.86. The summed E-state index contributed by atoms with van der Waals surface area (Å²) in [4.78, 5) is 53.3. The van der Waals surface area contributed by atoms with E-state index >= 15 is 0 Å². The van der Waals surface area contributed by atoms with E-state index in [1.165, 1.54) is 13.4 Å². The predicted octanol–water partition coefficient (Wildman–Crippen LogP) is 2.70. The lowest BCUT2D eigenvalue weighted by Crippen LogP contribution is -2.46. The van der Waals surface area contributed by atoms with Crippen LogP contribution in [0, 0.1) is 5.92 Å². The number of pyridine rings is 1. The number of nitrogens with two attached hydrogens (primary N) is 1. The Morgan fingerprint density at radius 2 is 1.97 bits per heavy atom. The highest BCUT2D eigenvalue weighted by molar-refractivity contribution is 9.10. The second kappa shape index (κ2) is 9.24. The van der Waals surface area contributed by atoms with Gasteiger partial charge in [-0.05, 0) is 65.0 Å². The molecule has 0 spiro atoms. The normalized spacial score (nSPS) is 19.8. The zero-order valence-corrected chi connectivity index (χ0v) is 21.9. The lowest BCUT2D eigenvalue weighted by molar-refractivity contribution is -0.138. The number of fused-ring (bicyclic) bond motifs is 4. The van der Waals surface area contributed by atoms with Crippen LogP contribution >= 0.6 is 15.9 Å². The van der Waals surface area contributed by atoms with E-state index in [9.17, 15) is 14.4 Å². The van der Waals surface area contributed by atoms with E-state index in [0.29, 0.717) is 50.4 Å². The summed E-state index contributed by atoms with van der Waals surface area (Å²) in [6, 6.07) is 9.71. The molecule has 2 aliphatic rings. The molecule has 194 valence electrons. The Labute approximate surface area is 225 Å². The van der Waals surface area contributed by atoms with E-state index in [1.807, 2.05) is 6.07 Å². The summed E-state index contributed by atoms with van der Waals surface area (Å²) in [5.41, 5.74) is 8.00. The molecule has 3 aromatic heterocycles. The monoisotopic (exact) mass is 577 g/mol. The van der Waals surface area contributed by atoms with Gasteiger partial charge in [0.2, 0.25) is 11.8 Å². The molecule has 3 atom stereocenters. The molecule has 5 N–H and O–H groups in total. The van der Waals surface area contributed by atoms with Crippen molar-refractivity contribution in [3.8, 4) is 0 Å². The largest absolute Gasteiger partial charge is 0.383 e. The molecule has 13 heteroatoms. The van der Waals surface area contributed by atoms with Gasteiger partial charge in [-0.3, -0.25) is 9.59 Å². The van der Waals surface area contributed by atoms with Crippen molar-refractivity contribution < 1.29 is 14.4 Å². The summed E-state index contributed by atoms with van der Waals surface area (Å²) in [6.45, 7) is -0.0270. The van der Waals surface area contributed by atoms with Crippen LogP contribution in [0.4, 0.5) is 22.1 Å². The Bertz CT molecular complexity index is 1620. The van der Waals surface area contributed by atoms with Gasteiger partial charge in [0, 0.05) is 24.2 Å². The minimum atomic E-state index is -0.580. The van der Waals surface area contributed by atoms with Crippen molar-refractivity contribution in [2.24, 2.45) is 5.92 Å². The number of halogens is 1. The van der Waals surface area contributed by atoms with E-state index in [0.717, 1.165) is 6.42 Å². The number of carbonyl (C=O) groups is 3. The van der Waals surface area contributed by atoms with Crippen molar-refractivity contribution in [1.29, 1.82) is 0 Å². The van der Waals surface area contributed by atoms with Gasteiger partial charge in [0.1, 0.15) is 40.8 Å². The third kappa shape index (κ3) is 4.18. The van der Waals surface area contributed by atoms with E-state index in [1.54, 1.807) is 39.8 Å². The van der Waals surface area contributed by atoms with Crippen LogP contribution in [-0.4, -0.2) is 61.4 Å². The highest BCUT2D eigenvalue weighted by Gasteiger charge is 2.56. The number of hydrogen-bond acceptors (Lipinski definition) is 7. The van der Waals surface area contributed by atoms with Crippen LogP contribution in [0.5, 0.6) is 0 Å².